The molecule has 0 spiro atoms. The molecule has 2 aromatic rings. The van der Waals surface area contributed by atoms with Crippen molar-refractivity contribution in [3.05, 3.63) is 65.2 Å². The largest absolute Gasteiger partial charge is 0.478 e. The standard InChI is InChI=1S/C20H20N2O2/c1-3-22(4-2)19-11-5-15(6-12-19)13-18(14-21)16-7-9-17(10-8-16)20(23)24/h5-13H,3-4H2,1-2H3,(H,23,24). The highest BCUT2D eigenvalue weighted by molar-refractivity contribution is 5.92. The molecule has 0 amide bonds. The molecule has 0 aromatic heterocycles. The Hall–Kier alpha value is -3.06. The van der Waals surface area contributed by atoms with Gasteiger partial charge in [-0.05, 0) is 55.3 Å². The predicted molar refractivity (Wildman–Crippen MR) is 96.9 cm³/mol. The fraction of sp³-hybridized carbons (Fsp3) is 0.200. The van der Waals surface area contributed by atoms with Crippen LogP contribution in [0.5, 0.6) is 0 Å². The van der Waals surface area contributed by atoms with Gasteiger partial charge in [-0.15, -0.1) is 0 Å². The van der Waals surface area contributed by atoms with Crippen molar-refractivity contribution in [3.8, 4) is 6.07 Å². The topological polar surface area (TPSA) is 64.3 Å². The lowest BCUT2D eigenvalue weighted by Gasteiger charge is -2.20. The van der Waals surface area contributed by atoms with E-state index in [1.807, 2.05) is 30.3 Å². The number of benzene rings is 2. The second kappa shape index (κ2) is 7.98. The van der Waals surface area contributed by atoms with Crippen molar-refractivity contribution in [2.45, 2.75) is 13.8 Å². The number of nitriles is 1. The molecule has 0 atom stereocenters. The average Bonchev–Trinajstić information content (AvgIpc) is 2.62. The van der Waals surface area contributed by atoms with Crippen LogP contribution < -0.4 is 4.90 Å². The van der Waals surface area contributed by atoms with Gasteiger partial charge in [0.1, 0.15) is 0 Å². The summed E-state index contributed by atoms with van der Waals surface area (Å²) < 4.78 is 0. The Morgan fingerprint density at radius 1 is 1.04 bits per heavy atom. The number of hydrogen-bond acceptors (Lipinski definition) is 3. The van der Waals surface area contributed by atoms with Gasteiger partial charge in [0, 0.05) is 18.8 Å². The highest BCUT2D eigenvalue weighted by Gasteiger charge is 2.06. The molecule has 0 heterocycles. The third-order valence-electron chi connectivity index (χ3n) is 3.90. The Bertz CT molecular complexity index is 765. The zero-order valence-electron chi connectivity index (χ0n) is 13.9. The van der Waals surface area contributed by atoms with Gasteiger partial charge in [0.05, 0.1) is 17.2 Å². The molecule has 24 heavy (non-hydrogen) atoms. The Morgan fingerprint density at radius 3 is 2.04 bits per heavy atom. The van der Waals surface area contributed by atoms with Crippen LogP contribution in [0.25, 0.3) is 11.6 Å². The third kappa shape index (κ3) is 4.02. The first-order chi connectivity index (χ1) is 11.6. The average molecular weight is 320 g/mol. The first kappa shape index (κ1) is 17.3. The van der Waals surface area contributed by atoms with Crippen molar-refractivity contribution in [2.75, 3.05) is 18.0 Å². The van der Waals surface area contributed by atoms with Crippen LogP contribution in [0, 0.1) is 11.3 Å². The first-order valence-corrected chi connectivity index (χ1v) is 7.89. The summed E-state index contributed by atoms with van der Waals surface area (Å²) in [5.74, 6) is -0.976. The van der Waals surface area contributed by atoms with Crippen molar-refractivity contribution < 1.29 is 9.90 Å². The summed E-state index contributed by atoms with van der Waals surface area (Å²) in [5.41, 5.74) is 3.50. The molecular formula is C20H20N2O2. The molecule has 4 nitrogen and oxygen atoms in total. The molecule has 2 aromatic carbocycles. The van der Waals surface area contributed by atoms with Gasteiger partial charge < -0.3 is 10.0 Å². The van der Waals surface area contributed by atoms with Crippen LogP contribution in [-0.2, 0) is 0 Å². The van der Waals surface area contributed by atoms with Crippen LogP contribution in [-0.4, -0.2) is 24.2 Å². The summed E-state index contributed by atoms with van der Waals surface area (Å²) in [6.45, 7) is 6.13. The molecule has 0 radical (unpaired) electrons. The predicted octanol–water partition coefficient (Wildman–Crippen LogP) is 4.30. The van der Waals surface area contributed by atoms with Gasteiger partial charge in [-0.2, -0.15) is 5.26 Å². The maximum atomic E-state index is 10.9. The van der Waals surface area contributed by atoms with Gasteiger partial charge in [-0.3, -0.25) is 0 Å². The lowest BCUT2D eigenvalue weighted by atomic mass is 10.0. The summed E-state index contributed by atoms with van der Waals surface area (Å²) in [7, 11) is 0. The van der Waals surface area contributed by atoms with E-state index in [0.717, 1.165) is 24.3 Å². The van der Waals surface area contributed by atoms with E-state index in [1.54, 1.807) is 12.1 Å². The Labute approximate surface area is 142 Å². The Balaban J connectivity index is 2.27. The zero-order valence-corrected chi connectivity index (χ0v) is 13.9. The number of carbonyl (C=O) groups is 1. The number of allylic oxidation sites excluding steroid dienone is 1. The van der Waals surface area contributed by atoms with Gasteiger partial charge >= 0.3 is 5.97 Å². The smallest absolute Gasteiger partial charge is 0.335 e. The molecule has 0 aliphatic carbocycles. The number of aromatic carboxylic acids is 1. The van der Waals surface area contributed by atoms with Crippen LogP contribution in [0.3, 0.4) is 0 Å². The van der Waals surface area contributed by atoms with Gasteiger partial charge in [-0.25, -0.2) is 4.79 Å². The first-order valence-electron chi connectivity index (χ1n) is 7.89. The Kier molecular flexibility index (Phi) is 5.75. The van der Waals surface area contributed by atoms with E-state index in [2.05, 4.69) is 24.8 Å². The summed E-state index contributed by atoms with van der Waals surface area (Å²) in [5, 5.41) is 18.3. The number of nitrogens with zero attached hydrogens (tertiary/aromatic N) is 2. The summed E-state index contributed by atoms with van der Waals surface area (Å²) in [6, 6.07) is 16.6. The quantitative estimate of drug-likeness (QED) is 0.637. The van der Waals surface area contributed by atoms with Crippen molar-refractivity contribution in [3.63, 3.8) is 0 Å². The molecule has 0 fully saturated rings. The zero-order chi connectivity index (χ0) is 17.5. The highest BCUT2D eigenvalue weighted by Crippen LogP contribution is 2.21. The molecule has 0 saturated carbocycles. The summed E-state index contributed by atoms with van der Waals surface area (Å²) >= 11 is 0. The summed E-state index contributed by atoms with van der Waals surface area (Å²) in [4.78, 5) is 13.1. The lowest BCUT2D eigenvalue weighted by Crippen LogP contribution is -2.21. The maximum Gasteiger partial charge on any atom is 0.335 e. The molecule has 0 saturated heterocycles. The second-order valence-electron chi connectivity index (χ2n) is 5.32. The van der Waals surface area contributed by atoms with Crippen molar-refractivity contribution in [1.82, 2.24) is 0 Å². The van der Waals surface area contributed by atoms with E-state index < -0.39 is 5.97 Å². The monoisotopic (exact) mass is 320 g/mol. The molecule has 0 bridgehead atoms. The fourth-order valence-electron chi connectivity index (χ4n) is 2.51. The van der Waals surface area contributed by atoms with Crippen LogP contribution >= 0.6 is 0 Å². The normalized spacial score (nSPS) is 11.0. The molecular weight excluding hydrogens is 300 g/mol. The van der Waals surface area contributed by atoms with Gasteiger partial charge in [0.15, 0.2) is 0 Å². The molecule has 0 unspecified atom stereocenters. The molecule has 1 N–H and O–H groups in total. The van der Waals surface area contributed by atoms with E-state index in [-0.39, 0.29) is 5.56 Å². The van der Waals surface area contributed by atoms with Gasteiger partial charge in [0.25, 0.3) is 0 Å². The van der Waals surface area contributed by atoms with E-state index >= 15 is 0 Å². The minimum atomic E-state index is -0.976. The van der Waals surface area contributed by atoms with Crippen LogP contribution in [0.4, 0.5) is 5.69 Å². The highest BCUT2D eigenvalue weighted by atomic mass is 16.4. The fourth-order valence-corrected chi connectivity index (χ4v) is 2.51. The van der Waals surface area contributed by atoms with Crippen molar-refractivity contribution in [1.29, 1.82) is 5.26 Å². The number of rotatable bonds is 6. The molecule has 0 aliphatic heterocycles. The van der Waals surface area contributed by atoms with E-state index in [9.17, 15) is 10.1 Å². The molecule has 4 heteroatoms. The molecule has 0 aliphatic rings. The van der Waals surface area contributed by atoms with Gasteiger partial charge in [0.2, 0.25) is 0 Å². The second-order valence-corrected chi connectivity index (χ2v) is 5.32. The van der Waals surface area contributed by atoms with Crippen molar-refractivity contribution in [2.24, 2.45) is 0 Å². The van der Waals surface area contributed by atoms with E-state index in [4.69, 9.17) is 5.11 Å². The number of carboxylic acid groups (broad SMARTS) is 1. The minimum Gasteiger partial charge on any atom is -0.478 e. The minimum absolute atomic E-state index is 0.208. The van der Waals surface area contributed by atoms with Gasteiger partial charge in [-0.1, -0.05) is 24.3 Å². The van der Waals surface area contributed by atoms with E-state index in [1.165, 1.54) is 12.1 Å². The van der Waals surface area contributed by atoms with Crippen molar-refractivity contribution >= 4 is 23.3 Å². The number of anilines is 1. The summed E-state index contributed by atoms with van der Waals surface area (Å²) in [6.07, 6.45) is 1.81. The molecule has 2 rings (SSSR count). The number of hydrogen-bond donors (Lipinski definition) is 1. The third-order valence-corrected chi connectivity index (χ3v) is 3.90. The van der Waals surface area contributed by atoms with E-state index in [0.29, 0.717) is 11.1 Å². The van der Waals surface area contributed by atoms with Crippen LogP contribution in [0.2, 0.25) is 0 Å². The SMILES string of the molecule is CCN(CC)c1ccc(C=C(C#N)c2ccc(C(=O)O)cc2)cc1. The molecule has 122 valence electrons. The van der Waals surface area contributed by atoms with Crippen LogP contribution in [0.1, 0.15) is 35.3 Å². The Morgan fingerprint density at radius 2 is 1.58 bits per heavy atom. The lowest BCUT2D eigenvalue weighted by molar-refractivity contribution is 0.0697. The maximum absolute atomic E-state index is 10.9. The number of carboxylic acids is 1. The van der Waals surface area contributed by atoms with Crippen LogP contribution in [0.15, 0.2) is 48.5 Å².